The van der Waals surface area contributed by atoms with Crippen molar-refractivity contribution < 1.29 is 12.9 Å². The molecule has 1 aromatic carbocycles. The van der Waals surface area contributed by atoms with Crippen molar-refractivity contribution in [2.75, 3.05) is 0 Å². The van der Waals surface area contributed by atoms with Crippen LogP contribution in [0.15, 0.2) is 85.5 Å². The average Bonchev–Trinajstić information content (AvgIpc) is 3.52. The van der Waals surface area contributed by atoms with Gasteiger partial charge >= 0.3 is 11.5 Å². The zero-order valence-corrected chi connectivity index (χ0v) is 16.2. The van der Waals surface area contributed by atoms with Gasteiger partial charge in [-0.2, -0.15) is 0 Å². The van der Waals surface area contributed by atoms with E-state index in [-0.39, 0.29) is 28.5 Å². The van der Waals surface area contributed by atoms with Crippen molar-refractivity contribution in [2.24, 2.45) is 6.98 Å². The summed E-state index contributed by atoms with van der Waals surface area (Å²) in [4.78, 5) is 38.2. The molecule has 0 unspecified atom stereocenters. The van der Waals surface area contributed by atoms with Crippen LogP contribution in [-0.4, -0.2) is 28.7 Å². The smallest absolute Gasteiger partial charge is 0.407 e. The Morgan fingerprint density at radius 2 is 1.59 bits per heavy atom. The van der Waals surface area contributed by atoms with Gasteiger partial charge in [-0.05, 0) is 30.3 Å². The first-order chi connectivity index (χ1) is 16.8. The highest BCUT2D eigenvalue weighted by Crippen LogP contribution is 2.25. The van der Waals surface area contributed by atoms with Gasteiger partial charge in [0.2, 0.25) is 0 Å². The lowest BCUT2D eigenvalue weighted by Gasteiger charge is -2.05. The molecule has 0 aliphatic rings. The standard InChI is InChI=1S/C22H14N6O4/c1-26-10-9-24-20(26)13-5-4-7-19(25-13)28-15-11-14-16(12-17(15)32-22(28)30)31-21(29)27(14)18-6-2-3-8-23-18/h2-12H,1H3/i1D3. The van der Waals surface area contributed by atoms with E-state index in [2.05, 4.69) is 15.0 Å². The van der Waals surface area contributed by atoms with Gasteiger partial charge in [0.1, 0.15) is 17.3 Å². The van der Waals surface area contributed by atoms with Gasteiger partial charge in [0.05, 0.1) is 11.0 Å². The van der Waals surface area contributed by atoms with Crippen LogP contribution in [0.1, 0.15) is 4.11 Å². The van der Waals surface area contributed by atoms with Crippen molar-refractivity contribution >= 4 is 22.2 Å². The van der Waals surface area contributed by atoms with Crippen molar-refractivity contribution in [1.82, 2.24) is 28.7 Å². The molecule has 6 rings (SSSR count). The molecule has 6 aromatic rings. The van der Waals surface area contributed by atoms with Crippen LogP contribution in [0.25, 0.3) is 45.4 Å². The number of benzene rings is 1. The Bertz CT molecular complexity index is 1840. The first-order valence-electron chi connectivity index (χ1n) is 11.0. The van der Waals surface area contributed by atoms with Crippen molar-refractivity contribution in [3.05, 3.63) is 88.2 Å². The van der Waals surface area contributed by atoms with Gasteiger partial charge < -0.3 is 13.4 Å². The molecule has 0 amide bonds. The second-order valence-electron chi connectivity index (χ2n) is 6.88. The molecule has 0 atom stereocenters. The van der Waals surface area contributed by atoms with Crippen molar-refractivity contribution in [1.29, 1.82) is 0 Å². The molecule has 0 radical (unpaired) electrons. The quantitative estimate of drug-likeness (QED) is 0.425. The molecule has 10 heteroatoms. The number of aryl methyl sites for hydroxylation is 1. The fraction of sp³-hybridized carbons (Fsp3) is 0.0455. The molecule has 0 aliphatic carbocycles. The summed E-state index contributed by atoms with van der Waals surface area (Å²) in [6, 6.07) is 12.9. The van der Waals surface area contributed by atoms with Gasteiger partial charge in [0.25, 0.3) is 0 Å². The number of nitrogens with zero attached hydrogens (tertiary/aromatic N) is 6. The van der Waals surface area contributed by atoms with E-state index in [0.717, 1.165) is 4.57 Å². The van der Waals surface area contributed by atoms with Crippen molar-refractivity contribution in [3.63, 3.8) is 0 Å². The number of pyridine rings is 2. The van der Waals surface area contributed by atoms with E-state index >= 15 is 0 Å². The minimum absolute atomic E-state index is 0.119. The largest absolute Gasteiger partial charge is 0.425 e. The monoisotopic (exact) mass is 429 g/mol. The Labute approximate surface area is 182 Å². The summed E-state index contributed by atoms with van der Waals surface area (Å²) < 4.78 is 37.4. The van der Waals surface area contributed by atoms with E-state index in [1.54, 1.807) is 48.7 Å². The number of fused-ring (bicyclic) bond motifs is 2. The number of oxazole rings is 2. The summed E-state index contributed by atoms with van der Waals surface area (Å²) in [5.74, 6) is -0.709. The SMILES string of the molecule is [2H]C([2H])([2H])n1ccnc1-c1cccc(-n2c(=O)oc3cc4oc(=O)n(-c5ccccn5)c4cc32)n1. The van der Waals surface area contributed by atoms with Gasteiger partial charge in [-0.25, -0.2) is 33.7 Å². The number of imidazole rings is 1. The highest BCUT2D eigenvalue weighted by molar-refractivity contribution is 5.90. The molecule has 156 valence electrons. The van der Waals surface area contributed by atoms with Gasteiger partial charge in [-0.3, -0.25) is 0 Å². The fourth-order valence-electron chi connectivity index (χ4n) is 3.61. The Morgan fingerprint density at radius 1 is 0.844 bits per heavy atom. The summed E-state index contributed by atoms with van der Waals surface area (Å²) in [6.07, 6.45) is 4.25. The molecule has 0 saturated carbocycles. The Hall–Kier alpha value is -4.73. The van der Waals surface area contributed by atoms with Gasteiger partial charge in [-0.1, -0.05) is 12.1 Å². The lowest BCUT2D eigenvalue weighted by Crippen LogP contribution is -2.14. The van der Waals surface area contributed by atoms with E-state index < -0.39 is 18.5 Å². The Balaban J connectivity index is 1.57. The summed E-state index contributed by atoms with van der Waals surface area (Å²) in [5, 5.41) is 0. The minimum Gasteiger partial charge on any atom is -0.407 e. The lowest BCUT2D eigenvalue weighted by atomic mass is 10.2. The molecule has 32 heavy (non-hydrogen) atoms. The maximum atomic E-state index is 12.8. The third-order valence-electron chi connectivity index (χ3n) is 4.99. The molecular formula is C22H14N6O4. The van der Waals surface area contributed by atoms with E-state index in [1.807, 2.05) is 0 Å². The van der Waals surface area contributed by atoms with Gasteiger partial charge in [0, 0.05) is 35.7 Å². The van der Waals surface area contributed by atoms with E-state index in [1.165, 1.54) is 27.6 Å². The summed E-state index contributed by atoms with van der Waals surface area (Å²) in [7, 11) is 0. The first-order valence-corrected chi connectivity index (χ1v) is 9.45. The first kappa shape index (κ1) is 15.1. The summed E-state index contributed by atoms with van der Waals surface area (Å²) in [5.41, 5.74) is 1.36. The van der Waals surface area contributed by atoms with Crippen LogP contribution >= 0.6 is 0 Å². The van der Waals surface area contributed by atoms with E-state index in [9.17, 15) is 9.59 Å². The number of rotatable bonds is 3. The van der Waals surface area contributed by atoms with Crippen LogP contribution < -0.4 is 11.5 Å². The summed E-state index contributed by atoms with van der Waals surface area (Å²) in [6.45, 7) is -2.45. The number of hydrogen-bond acceptors (Lipinski definition) is 7. The predicted molar refractivity (Wildman–Crippen MR) is 115 cm³/mol. The molecule has 10 nitrogen and oxygen atoms in total. The molecular weight excluding hydrogens is 412 g/mol. The van der Waals surface area contributed by atoms with E-state index in [0.29, 0.717) is 16.9 Å². The summed E-state index contributed by atoms with van der Waals surface area (Å²) >= 11 is 0. The number of hydrogen-bond donors (Lipinski definition) is 0. The normalized spacial score (nSPS) is 13.3. The second-order valence-corrected chi connectivity index (χ2v) is 6.88. The Kier molecular flexibility index (Phi) is 3.14. The highest BCUT2D eigenvalue weighted by atomic mass is 16.4. The van der Waals surface area contributed by atoms with Crippen LogP contribution in [0, 0.1) is 0 Å². The molecule has 0 spiro atoms. The van der Waals surface area contributed by atoms with Crippen molar-refractivity contribution in [2.45, 2.75) is 0 Å². The molecule has 0 saturated heterocycles. The predicted octanol–water partition coefficient (Wildman–Crippen LogP) is 2.67. The molecule has 5 heterocycles. The molecule has 0 N–H and O–H groups in total. The van der Waals surface area contributed by atoms with Crippen LogP contribution in [0.5, 0.6) is 0 Å². The average molecular weight is 429 g/mol. The lowest BCUT2D eigenvalue weighted by molar-refractivity contribution is 0.530. The maximum absolute atomic E-state index is 12.8. The van der Waals surface area contributed by atoms with Gasteiger partial charge in [0.15, 0.2) is 17.0 Å². The van der Waals surface area contributed by atoms with Crippen LogP contribution in [0.4, 0.5) is 0 Å². The molecule has 0 aliphatic heterocycles. The molecule has 0 fully saturated rings. The zero-order chi connectivity index (χ0) is 24.3. The molecule has 5 aromatic heterocycles. The highest BCUT2D eigenvalue weighted by Gasteiger charge is 2.19. The maximum Gasteiger partial charge on any atom is 0.425 e. The van der Waals surface area contributed by atoms with Crippen molar-refractivity contribution in [3.8, 4) is 23.2 Å². The zero-order valence-electron chi connectivity index (χ0n) is 19.2. The van der Waals surface area contributed by atoms with Crippen LogP contribution in [0.2, 0.25) is 0 Å². The van der Waals surface area contributed by atoms with Gasteiger partial charge in [-0.15, -0.1) is 0 Å². The molecule has 0 bridgehead atoms. The number of aromatic nitrogens is 6. The fourth-order valence-corrected chi connectivity index (χ4v) is 3.61. The second kappa shape index (κ2) is 6.64. The van der Waals surface area contributed by atoms with Crippen LogP contribution in [-0.2, 0) is 6.98 Å². The van der Waals surface area contributed by atoms with E-state index in [4.69, 9.17) is 12.9 Å². The van der Waals surface area contributed by atoms with Crippen LogP contribution in [0.3, 0.4) is 0 Å². The Morgan fingerprint density at radius 3 is 2.31 bits per heavy atom. The minimum atomic E-state index is -2.45. The topological polar surface area (TPSA) is 114 Å². The third kappa shape index (κ3) is 2.63. The third-order valence-corrected chi connectivity index (χ3v) is 4.99.